The third-order valence-electron chi connectivity index (χ3n) is 10.9. The zero-order chi connectivity index (χ0) is 47.7. The SMILES string of the molecule is CC(=O)c1cc(-c2ncc(-c3cnn(Cc4ccc(NC(=O)[C@H](CCCNC(N)=O)NC(=O)[C@@H](NC(=O)CCCCCN5C(=O)C=CC5=O)C(C)C)cc4)c3)c3onc(N)c23)c(F)cc1N. The normalized spacial score (nSPS) is 13.3. The van der Waals surface area contributed by atoms with Crippen LogP contribution in [0.5, 0.6) is 0 Å². The number of Topliss-reactive ketones (excluding diaryl/α,β-unsaturated/α-hetero) is 1. The second-order valence-electron chi connectivity index (χ2n) is 16.1. The minimum absolute atomic E-state index is 0.00274. The minimum atomic E-state index is -1.05. The van der Waals surface area contributed by atoms with E-state index in [1.165, 1.54) is 31.3 Å². The minimum Gasteiger partial charge on any atom is -0.398 e. The number of urea groups is 1. The highest BCUT2D eigenvalue weighted by Crippen LogP contribution is 2.38. The van der Waals surface area contributed by atoms with Gasteiger partial charge in [-0.1, -0.05) is 37.6 Å². The summed E-state index contributed by atoms with van der Waals surface area (Å²) >= 11 is 0. The van der Waals surface area contributed by atoms with Crippen LogP contribution in [-0.2, 0) is 30.5 Å². The van der Waals surface area contributed by atoms with E-state index in [-0.39, 0.29) is 94.6 Å². The molecule has 66 heavy (non-hydrogen) atoms. The Bertz CT molecular complexity index is 2680. The van der Waals surface area contributed by atoms with Crippen molar-refractivity contribution in [1.29, 1.82) is 0 Å². The number of unbranched alkanes of at least 4 members (excludes halogenated alkanes) is 2. The number of rotatable bonds is 21. The van der Waals surface area contributed by atoms with E-state index >= 15 is 4.39 Å². The Morgan fingerprint density at radius 3 is 2.30 bits per heavy atom. The molecule has 2 atom stereocenters. The number of nitrogen functional groups attached to an aromatic ring is 2. The van der Waals surface area contributed by atoms with Crippen molar-refractivity contribution < 1.29 is 42.5 Å². The number of carbonyl (C=O) groups is 7. The van der Waals surface area contributed by atoms with Crippen LogP contribution in [0.4, 0.5) is 26.4 Å². The molecular formula is C45H51FN12O8. The molecule has 0 aliphatic carbocycles. The number of halogens is 1. The van der Waals surface area contributed by atoms with Crippen molar-refractivity contribution in [3.05, 3.63) is 84.1 Å². The highest BCUT2D eigenvalue weighted by atomic mass is 19.1. The van der Waals surface area contributed by atoms with Crippen LogP contribution in [-0.4, -0.2) is 91.3 Å². The Labute approximate surface area is 377 Å². The molecule has 5 aromatic rings. The molecule has 0 unspecified atom stereocenters. The zero-order valence-electron chi connectivity index (χ0n) is 36.6. The topological polar surface area (TPSA) is 306 Å². The summed E-state index contributed by atoms with van der Waals surface area (Å²) in [5, 5.41) is 19.5. The van der Waals surface area contributed by atoms with E-state index in [0.717, 1.165) is 16.5 Å². The van der Waals surface area contributed by atoms with Crippen molar-refractivity contribution in [2.24, 2.45) is 11.7 Å². The van der Waals surface area contributed by atoms with Crippen LogP contribution in [0, 0.1) is 11.7 Å². The van der Waals surface area contributed by atoms with Crippen LogP contribution in [0.15, 0.2) is 71.7 Å². The number of benzene rings is 2. The molecule has 3 aromatic heterocycles. The Hall–Kier alpha value is -7.97. The number of fused-ring (bicyclic) bond motifs is 1. The van der Waals surface area contributed by atoms with E-state index in [4.69, 9.17) is 21.7 Å². The van der Waals surface area contributed by atoms with Crippen LogP contribution in [0.1, 0.15) is 75.2 Å². The molecule has 7 amide bonds. The van der Waals surface area contributed by atoms with Crippen LogP contribution >= 0.6 is 0 Å². The number of pyridine rings is 1. The van der Waals surface area contributed by atoms with E-state index in [9.17, 15) is 33.6 Å². The maximum Gasteiger partial charge on any atom is 0.312 e. The highest BCUT2D eigenvalue weighted by molar-refractivity contribution is 6.13. The summed E-state index contributed by atoms with van der Waals surface area (Å²) in [5.41, 5.74) is 20.1. The van der Waals surface area contributed by atoms with Crippen molar-refractivity contribution >= 4 is 69.5 Å². The molecule has 10 N–H and O–H groups in total. The molecule has 0 spiro atoms. The number of aromatic nitrogens is 4. The predicted molar refractivity (Wildman–Crippen MR) is 241 cm³/mol. The molecule has 0 radical (unpaired) electrons. The van der Waals surface area contributed by atoms with Crippen LogP contribution in [0.2, 0.25) is 0 Å². The van der Waals surface area contributed by atoms with E-state index in [2.05, 4.69) is 36.5 Å². The van der Waals surface area contributed by atoms with Crippen molar-refractivity contribution in [2.75, 3.05) is 29.9 Å². The van der Waals surface area contributed by atoms with Gasteiger partial charge >= 0.3 is 6.03 Å². The van der Waals surface area contributed by atoms with Crippen LogP contribution in [0.25, 0.3) is 33.4 Å². The molecule has 2 aromatic carbocycles. The van der Waals surface area contributed by atoms with Gasteiger partial charge in [0.05, 0.1) is 23.8 Å². The average Bonchev–Trinajstić information content (AvgIpc) is 3.99. The molecule has 0 fully saturated rings. The molecule has 20 nitrogen and oxygen atoms in total. The third kappa shape index (κ3) is 11.6. The standard InChI is InChI=1S/C45H51FN12O8/c1-24(2)39(55-35(60)9-5-4-6-17-58-36(61)14-15-37(58)62)44(64)54-34(8-7-16-50-45(49)65)43(63)53-28-12-10-26(11-13-28)22-57-23-27(20-52-57)31-21-51-40(38-41(31)66-56-42(38)48)30-18-29(25(3)59)33(47)19-32(30)46/h10-15,18-21,23-24,34,39H,4-9,16-17,22,47H2,1-3H3,(H2,48,56)(H,53,63)(H,54,64)(H,55,60)(H3,49,50,65)/t34-,39-/m0/s1. The number of anilines is 3. The first kappa shape index (κ1) is 47.5. The lowest BCUT2D eigenvalue weighted by Crippen LogP contribution is -2.54. The van der Waals surface area contributed by atoms with Gasteiger partial charge in [0.15, 0.2) is 17.2 Å². The molecule has 0 bridgehead atoms. The number of hydrogen-bond donors (Lipinski definition) is 7. The Morgan fingerprint density at radius 2 is 1.62 bits per heavy atom. The van der Waals surface area contributed by atoms with Crippen molar-refractivity contribution in [3.8, 4) is 22.4 Å². The number of imide groups is 1. The van der Waals surface area contributed by atoms with Gasteiger partial charge in [0.1, 0.15) is 17.9 Å². The number of amides is 7. The van der Waals surface area contributed by atoms with Gasteiger partial charge < -0.3 is 43.0 Å². The first-order valence-electron chi connectivity index (χ1n) is 21.2. The lowest BCUT2D eigenvalue weighted by Gasteiger charge is -2.25. The summed E-state index contributed by atoms with van der Waals surface area (Å²) in [5.74, 6) is -3.58. The number of carbonyl (C=O) groups excluding carboxylic acids is 7. The number of primary amides is 1. The van der Waals surface area contributed by atoms with Gasteiger partial charge in [0, 0.05) is 77.7 Å². The Kier molecular flexibility index (Phi) is 15.2. The first-order valence-corrected chi connectivity index (χ1v) is 21.2. The molecule has 1 aliphatic rings. The van der Waals surface area contributed by atoms with Gasteiger partial charge in [-0.15, -0.1) is 0 Å². The zero-order valence-corrected chi connectivity index (χ0v) is 36.6. The average molecular weight is 907 g/mol. The molecule has 21 heteroatoms. The molecule has 0 saturated carbocycles. The maximum absolute atomic E-state index is 15.2. The largest absolute Gasteiger partial charge is 0.398 e. The van der Waals surface area contributed by atoms with Crippen LogP contribution in [0.3, 0.4) is 0 Å². The second kappa shape index (κ2) is 21.1. The second-order valence-corrected chi connectivity index (χ2v) is 16.1. The highest BCUT2D eigenvalue weighted by Gasteiger charge is 2.29. The van der Waals surface area contributed by atoms with Crippen molar-refractivity contribution in [1.82, 2.24) is 40.8 Å². The van der Waals surface area contributed by atoms with Gasteiger partial charge in [0.25, 0.3) is 11.8 Å². The van der Waals surface area contributed by atoms with Gasteiger partial charge in [-0.2, -0.15) is 5.10 Å². The van der Waals surface area contributed by atoms with Gasteiger partial charge in [0.2, 0.25) is 17.7 Å². The smallest absolute Gasteiger partial charge is 0.312 e. The number of nitrogens with zero attached hydrogens (tertiary/aromatic N) is 5. The third-order valence-corrected chi connectivity index (χ3v) is 10.9. The maximum atomic E-state index is 15.2. The Morgan fingerprint density at radius 1 is 0.894 bits per heavy atom. The number of ketones is 1. The van der Waals surface area contributed by atoms with E-state index in [1.807, 2.05) is 0 Å². The van der Waals surface area contributed by atoms with Crippen molar-refractivity contribution in [3.63, 3.8) is 0 Å². The summed E-state index contributed by atoms with van der Waals surface area (Å²) < 4.78 is 22.4. The quantitative estimate of drug-likeness (QED) is 0.0239. The monoisotopic (exact) mass is 906 g/mol. The fraction of sp³-hybridized carbons (Fsp3) is 0.333. The Balaban J connectivity index is 1.07. The van der Waals surface area contributed by atoms with Gasteiger partial charge in [-0.25, -0.2) is 9.18 Å². The number of nitrogens with one attached hydrogen (secondary N) is 4. The molecule has 0 saturated heterocycles. The summed E-state index contributed by atoms with van der Waals surface area (Å²) in [6.07, 6.45) is 9.39. The molecular weight excluding hydrogens is 856 g/mol. The molecule has 6 rings (SSSR count). The number of nitrogens with two attached hydrogens (primary N) is 3. The fourth-order valence-corrected chi connectivity index (χ4v) is 7.36. The summed E-state index contributed by atoms with van der Waals surface area (Å²) in [6.45, 7) is 5.58. The van der Waals surface area contributed by atoms with Gasteiger partial charge in [-0.3, -0.25) is 43.3 Å². The molecule has 346 valence electrons. The predicted octanol–water partition coefficient (Wildman–Crippen LogP) is 3.81. The molecule has 4 heterocycles. The lowest BCUT2D eigenvalue weighted by atomic mass is 9.99. The van der Waals surface area contributed by atoms with E-state index < -0.39 is 35.7 Å². The van der Waals surface area contributed by atoms with Crippen LogP contribution < -0.4 is 38.5 Å². The molecule has 1 aliphatic heterocycles. The fourth-order valence-electron chi connectivity index (χ4n) is 7.36. The summed E-state index contributed by atoms with van der Waals surface area (Å²) in [7, 11) is 0. The van der Waals surface area contributed by atoms with Gasteiger partial charge in [-0.05, 0) is 68.4 Å². The lowest BCUT2D eigenvalue weighted by molar-refractivity contribution is -0.137. The number of hydrogen-bond acceptors (Lipinski definition) is 13. The van der Waals surface area contributed by atoms with Crippen molar-refractivity contribution in [2.45, 2.75) is 77.9 Å². The summed E-state index contributed by atoms with van der Waals surface area (Å²) in [4.78, 5) is 92.7. The summed E-state index contributed by atoms with van der Waals surface area (Å²) in [6, 6.07) is 6.61. The first-order chi connectivity index (χ1) is 31.5. The van der Waals surface area contributed by atoms with E-state index in [1.54, 1.807) is 55.2 Å². The van der Waals surface area contributed by atoms with E-state index in [0.29, 0.717) is 49.0 Å².